The van der Waals surface area contributed by atoms with Crippen LogP contribution in [0.1, 0.15) is 33.1 Å². The molecule has 0 aromatic carbocycles. The van der Waals surface area contributed by atoms with E-state index in [-0.39, 0.29) is 11.3 Å². The molecule has 1 aliphatic heterocycles. The number of hydrogen-bond donors (Lipinski definition) is 1. The van der Waals surface area contributed by atoms with Gasteiger partial charge < -0.3 is 10.6 Å². The van der Waals surface area contributed by atoms with E-state index in [0.29, 0.717) is 13.0 Å². The van der Waals surface area contributed by atoms with Gasteiger partial charge in [-0.1, -0.05) is 13.8 Å². The van der Waals surface area contributed by atoms with E-state index in [0.717, 1.165) is 45.6 Å². The lowest BCUT2D eigenvalue weighted by molar-refractivity contribution is -0.144. The second-order valence-corrected chi connectivity index (χ2v) is 5.23. The van der Waals surface area contributed by atoms with Gasteiger partial charge in [-0.15, -0.1) is 0 Å². The summed E-state index contributed by atoms with van der Waals surface area (Å²) in [5.74, 6) is 0.208. The highest BCUT2D eigenvalue weighted by molar-refractivity contribution is 5.83. The van der Waals surface area contributed by atoms with E-state index >= 15 is 0 Å². The molecular formula is C14H26N4O. The summed E-state index contributed by atoms with van der Waals surface area (Å²) < 4.78 is 0. The van der Waals surface area contributed by atoms with Crippen LogP contribution in [0.2, 0.25) is 0 Å². The minimum Gasteiger partial charge on any atom is -0.340 e. The molecule has 5 nitrogen and oxygen atoms in total. The van der Waals surface area contributed by atoms with Crippen LogP contribution in [0.5, 0.6) is 0 Å². The van der Waals surface area contributed by atoms with Crippen LogP contribution in [0.25, 0.3) is 0 Å². The Morgan fingerprint density at radius 1 is 1.26 bits per heavy atom. The van der Waals surface area contributed by atoms with E-state index in [4.69, 9.17) is 11.0 Å². The maximum absolute atomic E-state index is 12.6. The van der Waals surface area contributed by atoms with Crippen molar-refractivity contribution >= 4 is 5.91 Å². The third-order valence-corrected chi connectivity index (χ3v) is 4.40. The predicted molar refractivity (Wildman–Crippen MR) is 75.3 cm³/mol. The largest absolute Gasteiger partial charge is 0.340 e. The van der Waals surface area contributed by atoms with Crippen molar-refractivity contribution in [2.45, 2.75) is 33.1 Å². The van der Waals surface area contributed by atoms with Crippen molar-refractivity contribution in [3.63, 3.8) is 0 Å². The molecule has 0 aromatic heterocycles. The Balaban J connectivity index is 2.55. The predicted octanol–water partition coefficient (Wildman–Crippen LogP) is 0.809. The first-order valence-corrected chi connectivity index (χ1v) is 7.22. The lowest BCUT2D eigenvalue weighted by atomic mass is 9.81. The topological polar surface area (TPSA) is 73.4 Å². The summed E-state index contributed by atoms with van der Waals surface area (Å²) in [7, 11) is 0. The molecule has 108 valence electrons. The zero-order valence-electron chi connectivity index (χ0n) is 12.2. The maximum Gasteiger partial charge on any atom is 0.230 e. The number of rotatable bonds is 6. The van der Waals surface area contributed by atoms with Crippen molar-refractivity contribution in [1.29, 1.82) is 5.26 Å². The van der Waals surface area contributed by atoms with Gasteiger partial charge in [0.05, 0.1) is 11.5 Å². The number of nitrogens with two attached hydrogens (primary N) is 1. The first kappa shape index (κ1) is 15.9. The molecular weight excluding hydrogens is 240 g/mol. The summed E-state index contributed by atoms with van der Waals surface area (Å²) in [4.78, 5) is 16.8. The van der Waals surface area contributed by atoms with E-state index in [1.165, 1.54) is 0 Å². The lowest BCUT2D eigenvalue weighted by Crippen LogP contribution is -2.54. The SMILES string of the molecule is CCC(CC)(CN)C(=O)N1CCN(CCC#N)CC1. The Labute approximate surface area is 116 Å². The average Bonchev–Trinajstić information content (AvgIpc) is 2.48. The number of carbonyl (C=O) groups is 1. The van der Waals surface area contributed by atoms with Gasteiger partial charge in [-0.05, 0) is 12.8 Å². The molecule has 1 amide bonds. The van der Waals surface area contributed by atoms with E-state index in [2.05, 4.69) is 11.0 Å². The molecule has 0 atom stereocenters. The number of nitriles is 1. The molecule has 1 aliphatic rings. The van der Waals surface area contributed by atoms with E-state index in [1.54, 1.807) is 0 Å². The Morgan fingerprint density at radius 3 is 2.26 bits per heavy atom. The van der Waals surface area contributed by atoms with Gasteiger partial charge >= 0.3 is 0 Å². The van der Waals surface area contributed by atoms with Crippen LogP contribution in [0.4, 0.5) is 0 Å². The Kier molecular flexibility index (Phi) is 6.26. The first-order valence-electron chi connectivity index (χ1n) is 7.22. The summed E-state index contributed by atoms with van der Waals surface area (Å²) in [6, 6.07) is 2.16. The average molecular weight is 266 g/mol. The number of amides is 1. The highest BCUT2D eigenvalue weighted by Gasteiger charge is 2.37. The van der Waals surface area contributed by atoms with E-state index in [1.807, 2.05) is 18.7 Å². The molecule has 0 saturated carbocycles. The molecule has 1 fully saturated rings. The summed E-state index contributed by atoms with van der Waals surface area (Å²) in [6.07, 6.45) is 2.16. The van der Waals surface area contributed by atoms with Crippen LogP contribution in [0.3, 0.4) is 0 Å². The van der Waals surface area contributed by atoms with Crippen LogP contribution < -0.4 is 5.73 Å². The monoisotopic (exact) mass is 266 g/mol. The standard InChI is InChI=1S/C14H26N4O/c1-3-14(4-2,12-16)13(19)18-10-8-17(9-11-18)7-5-6-15/h3-5,7-12,16H2,1-2H3. The Hall–Kier alpha value is -1.12. The molecule has 5 heteroatoms. The van der Waals surface area contributed by atoms with Gasteiger partial charge in [0.2, 0.25) is 5.91 Å². The van der Waals surface area contributed by atoms with Gasteiger partial charge in [0.15, 0.2) is 0 Å². The van der Waals surface area contributed by atoms with Crippen LogP contribution in [-0.4, -0.2) is 55.0 Å². The Morgan fingerprint density at radius 2 is 1.84 bits per heavy atom. The molecule has 0 aliphatic carbocycles. The van der Waals surface area contributed by atoms with Crippen molar-refractivity contribution in [1.82, 2.24) is 9.80 Å². The van der Waals surface area contributed by atoms with Gasteiger partial charge in [0, 0.05) is 45.7 Å². The molecule has 0 radical (unpaired) electrons. The van der Waals surface area contributed by atoms with Crippen molar-refractivity contribution in [3.8, 4) is 6.07 Å². The second-order valence-electron chi connectivity index (χ2n) is 5.23. The molecule has 0 bridgehead atoms. The van der Waals surface area contributed by atoms with Crippen LogP contribution in [0.15, 0.2) is 0 Å². The van der Waals surface area contributed by atoms with E-state index in [9.17, 15) is 4.79 Å². The minimum absolute atomic E-state index is 0.208. The molecule has 19 heavy (non-hydrogen) atoms. The summed E-state index contributed by atoms with van der Waals surface area (Å²) >= 11 is 0. The van der Waals surface area contributed by atoms with Crippen molar-refractivity contribution in [2.24, 2.45) is 11.1 Å². The van der Waals surface area contributed by atoms with Gasteiger partial charge in [0.25, 0.3) is 0 Å². The number of carbonyl (C=O) groups excluding carboxylic acids is 1. The molecule has 0 spiro atoms. The maximum atomic E-state index is 12.6. The minimum atomic E-state index is -0.380. The number of nitrogens with zero attached hydrogens (tertiary/aromatic N) is 3. The fourth-order valence-electron chi connectivity index (χ4n) is 2.65. The quantitative estimate of drug-likeness (QED) is 0.772. The zero-order valence-corrected chi connectivity index (χ0v) is 12.2. The first-order chi connectivity index (χ1) is 9.13. The van der Waals surface area contributed by atoms with Gasteiger partial charge in [0.1, 0.15) is 0 Å². The van der Waals surface area contributed by atoms with E-state index < -0.39 is 0 Å². The summed E-state index contributed by atoms with van der Waals surface area (Å²) in [6.45, 7) is 8.55. The Bertz CT molecular complexity index is 317. The highest BCUT2D eigenvalue weighted by atomic mass is 16.2. The van der Waals surface area contributed by atoms with Gasteiger partial charge in [-0.3, -0.25) is 9.69 Å². The highest BCUT2D eigenvalue weighted by Crippen LogP contribution is 2.28. The fraction of sp³-hybridized carbons (Fsp3) is 0.857. The van der Waals surface area contributed by atoms with Crippen molar-refractivity contribution in [2.75, 3.05) is 39.3 Å². The molecule has 0 unspecified atom stereocenters. The van der Waals surface area contributed by atoms with Crippen molar-refractivity contribution in [3.05, 3.63) is 0 Å². The second kappa shape index (κ2) is 7.46. The van der Waals surface area contributed by atoms with Gasteiger partial charge in [-0.2, -0.15) is 5.26 Å². The zero-order chi connectivity index (χ0) is 14.3. The summed E-state index contributed by atoms with van der Waals surface area (Å²) in [5, 5.41) is 8.58. The third kappa shape index (κ3) is 3.68. The molecule has 1 saturated heterocycles. The van der Waals surface area contributed by atoms with Crippen molar-refractivity contribution < 1.29 is 4.79 Å². The molecule has 1 heterocycles. The molecule has 1 rings (SSSR count). The third-order valence-electron chi connectivity index (χ3n) is 4.40. The molecule has 2 N–H and O–H groups in total. The number of piperazine rings is 1. The number of hydrogen-bond acceptors (Lipinski definition) is 4. The summed E-state index contributed by atoms with van der Waals surface area (Å²) in [5.41, 5.74) is 5.46. The van der Waals surface area contributed by atoms with Crippen LogP contribution in [0, 0.1) is 16.7 Å². The van der Waals surface area contributed by atoms with Gasteiger partial charge in [-0.25, -0.2) is 0 Å². The van der Waals surface area contributed by atoms with Crippen LogP contribution >= 0.6 is 0 Å². The van der Waals surface area contributed by atoms with Crippen LogP contribution in [-0.2, 0) is 4.79 Å². The lowest BCUT2D eigenvalue weighted by Gasteiger charge is -2.40. The smallest absolute Gasteiger partial charge is 0.230 e. The normalized spacial score (nSPS) is 17.3. The fourth-order valence-corrected chi connectivity index (χ4v) is 2.65. The molecule has 0 aromatic rings.